The van der Waals surface area contributed by atoms with Crippen LogP contribution in [0.2, 0.25) is 0 Å². The van der Waals surface area contributed by atoms with E-state index in [0.717, 1.165) is 12.8 Å². The van der Waals surface area contributed by atoms with Gasteiger partial charge in [-0.05, 0) is 26.7 Å². The Morgan fingerprint density at radius 2 is 2.27 bits per heavy atom. The zero-order valence-corrected chi connectivity index (χ0v) is 7.47. The van der Waals surface area contributed by atoms with E-state index in [-0.39, 0.29) is 0 Å². The van der Waals surface area contributed by atoms with Crippen molar-refractivity contribution in [3.8, 4) is 0 Å². The second-order valence-corrected chi connectivity index (χ2v) is 2.96. The minimum atomic E-state index is -0.690. The zero-order valence-electron chi connectivity index (χ0n) is 7.47. The fraction of sp³-hybridized carbons (Fsp3) is 0.778. The van der Waals surface area contributed by atoms with Crippen LogP contribution in [-0.2, 0) is 4.74 Å². The molecule has 0 radical (unpaired) electrons. The highest BCUT2D eigenvalue weighted by atomic mass is 16.5. The number of allylic oxidation sites excluding steroid dienone is 1. The van der Waals surface area contributed by atoms with Gasteiger partial charge in [-0.1, -0.05) is 6.08 Å². The predicted molar refractivity (Wildman–Crippen MR) is 46.5 cm³/mol. The molecule has 0 saturated carbocycles. The van der Waals surface area contributed by atoms with Crippen molar-refractivity contribution in [2.45, 2.75) is 32.3 Å². The van der Waals surface area contributed by atoms with E-state index in [1.807, 2.05) is 6.92 Å². The quantitative estimate of drug-likeness (QED) is 0.597. The van der Waals surface area contributed by atoms with Crippen LogP contribution in [-0.4, -0.2) is 23.9 Å². The summed E-state index contributed by atoms with van der Waals surface area (Å²) in [4.78, 5) is 0. The highest BCUT2D eigenvalue weighted by molar-refractivity contribution is 4.77. The second kappa shape index (κ2) is 5.33. The zero-order chi connectivity index (χ0) is 8.74. The first kappa shape index (κ1) is 10.7. The standard InChI is InChI=1S/C9H18O2/c1-4-6-7-9(3,10)8-11-5-2/h4,10H,1,5-8H2,2-3H3. The normalized spacial score (nSPS) is 15.9. The van der Waals surface area contributed by atoms with Crippen molar-refractivity contribution in [1.82, 2.24) is 0 Å². The van der Waals surface area contributed by atoms with Crippen molar-refractivity contribution in [3.63, 3.8) is 0 Å². The maximum Gasteiger partial charge on any atom is 0.0855 e. The molecule has 0 heterocycles. The lowest BCUT2D eigenvalue weighted by atomic mass is 10.0. The maximum absolute atomic E-state index is 9.60. The van der Waals surface area contributed by atoms with E-state index in [9.17, 15) is 5.11 Å². The van der Waals surface area contributed by atoms with Gasteiger partial charge in [0, 0.05) is 6.61 Å². The topological polar surface area (TPSA) is 29.5 Å². The summed E-state index contributed by atoms with van der Waals surface area (Å²) in [5.74, 6) is 0. The van der Waals surface area contributed by atoms with E-state index < -0.39 is 5.60 Å². The molecule has 0 fully saturated rings. The van der Waals surface area contributed by atoms with Gasteiger partial charge in [0.2, 0.25) is 0 Å². The molecule has 0 aromatic carbocycles. The van der Waals surface area contributed by atoms with Crippen LogP contribution in [0.25, 0.3) is 0 Å². The van der Waals surface area contributed by atoms with Gasteiger partial charge in [-0.15, -0.1) is 6.58 Å². The molecule has 0 aromatic heterocycles. The Balaban J connectivity index is 3.51. The number of ether oxygens (including phenoxy) is 1. The Bertz CT molecular complexity index is 108. The summed E-state index contributed by atoms with van der Waals surface area (Å²) in [6, 6.07) is 0. The molecule has 0 aliphatic heterocycles. The van der Waals surface area contributed by atoms with Crippen LogP contribution in [0.1, 0.15) is 26.7 Å². The molecular weight excluding hydrogens is 140 g/mol. The van der Waals surface area contributed by atoms with Crippen LogP contribution in [0.3, 0.4) is 0 Å². The molecular formula is C9H18O2. The minimum absolute atomic E-state index is 0.414. The Kier molecular flexibility index (Phi) is 5.16. The highest BCUT2D eigenvalue weighted by Gasteiger charge is 2.18. The molecule has 0 spiro atoms. The molecule has 1 unspecified atom stereocenters. The van der Waals surface area contributed by atoms with Gasteiger partial charge in [0.25, 0.3) is 0 Å². The summed E-state index contributed by atoms with van der Waals surface area (Å²) in [7, 11) is 0. The van der Waals surface area contributed by atoms with Gasteiger partial charge in [0.05, 0.1) is 12.2 Å². The van der Waals surface area contributed by atoms with Gasteiger partial charge in [-0.2, -0.15) is 0 Å². The molecule has 11 heavy (non-hydrogen) atoms. The lowest BCUT2D eigenvalue weighted by Gasteiger charge is -2.21. The van der Waals surface area contributed by atoms with E-state index in [2.05, 4.69) is 6.58 Å². The molecule has 0 saturated heterocycles. The summed E-state index contributed by atoms with van der Waals surface area (Å²) in [5.41, 5.74) is -0.690. The first-order valence-electron chi connectivity index (χ1n) is 4.03. The molecule has 1 N–H and O–H groups in total. The van der Waals surface area contributed by atoms with Crippen molar-refractivity contribution >= 4 is 0 Å². The Hall–Kier alpha value is -0.340. The third-order valence-corrected chi connectivity index (χ3v) is 1.50. The Labute approximate surface area is 68.9 Å². The third kappa shape index (κ3) is 6.07. The first-order chi connectivity index (χ1) is 5.12. The average molecular weight is 158 g/mol. The molecule has 2 heteroatoms. The number of rotatable bonds is 6. The number of hydrogen-bond acceptors (Lipinski definition) is 2. The minimum Gasteiger partial charge on any atom is -0.388 e. The van der Waals surface area contributed by atoms with E-state index in [4.69, 9.17) is 4.74 Å². The molecule has 2 nitrogen and oxygen atoms in total. The van der Waals surface area contributed by atoms with Gasteiger partial charge in [0.15, 0.2) is 0 Å². The molecule has 66 valence electrons. The van der Waals surface area contributed by atoms with E-state index in [1.54, 1.807) is 13.0 Å². The summed E-state index contributed by atoms with van der Waals surface area (Å²) < 4.78 is 5.11. The second-order valence-electron chi connectivity index (χ2n) is 2.96. The molecule has 0 rings (SSSR count). The third-order valence-electron chi connectivity index (χ3n) is 1.50. The molecule has 0 aliphatic rings. The van der Waals surface area contributed by atoms with Crippen LogP contribution < -0.4 is 0 Å². The van der Waals surface area contributed by atoms with Crippen molar-refractivity contribution < 1.29 is 9.84 Å². The van der Waals surface area contributed by atoms with E-state index in [0.29, 0.717) is 13.2 Å². The van der Waals surface area contributed by atoms with Crippen molar-refractivity contribution in [2.75, 3.05) is 13.2 Å². The highest BCUT2D eigenvalue weighted by Crippen LogP contribution is 2.12. The first-order valence-corrected chi connectivity index (χ1v) is 4.03. The van der Waals surface area contributed by atoms with Gasteiger partial charge in [0.1, 0.15) is 0 Å². The fourth-order valence-electron chi connectivity index (χ4n) is 0.807. The monoisotopic (exact) mass is 158 g/mol. The fourth-order valence-corrected chi connectivity index (χ4v) is 0.807. The molecule has 0 bridgehead atoms. The molecule has 0 aliphatic carbocycles. The number of hydrogen-bond donors (Lipinski definition) is 1. The van der Waals surface area contributed by atoms with Crippen LogP contribution >= 0.6 is 0 Å². The summed E-state index contributed by atoms with van der Waals surface area (Å²) >= 11 is 0. The van der Waals surface area contributed by atoms with Gasteiger partial charge in [-0.25, -0.2) is 0 Å². The van der Waals surface area contributed by atoms with Gasteiger partial charge in [-0.3, -0.25) is 0 Å². The summed E-state index contributed by atoms with van der Waals surface area (Å²) in [6.07, 6.45) is 3.36. The average Bonchev–Trinajstić information content (AvgIpc) is 1.97. The number of aliphatic hydroxyl groups is 1. The maximum atomic E-state index is 9.60. The summed E-state index contributed by atoms with van der Waals surface area (Å²) in [6.45, 7) is 8.37. The SMILES string of the molecule is C=CCCC(C)(O)COCC. The van der Waals surface area contributed by atoms with Crippen LogP contribution in [0.5, 0.6) is 0 Å². The van der Waals surface area contributed by atoms with Crippen LogP contribution in [0.15, 0.2) is 12.7 Å². The van der Waals surface area contributed by atoms with Crippen molar-refractivity contribution in [3.05, 3.63) is 12.7 Å². The van der Waals surface area contributed by atoms with Gasteiger partial charge < -0.3 is 9.84 Å². The van der Waals surface area contributed by atoms with E-state index in [1.165, 1.54) is 0 Å². The van der Waals surface area contributed by atoms with Gasteiger partial charge >= 0.3 is 0 Å². The Morgan fingerprint density at radius 3 is 2.73 bits per heavy atom. The van der Waals surface area contributed by atoms with E-state index >= 15 is 0 Å². The van der Waals surface area contributed by atoms with Crippen molar-refractivity contribution in [1.29, 1.82) is 0 Å². The summed E-state index contributed by atoms with van der Waals surface area (Å²) in [5, 5.41) is 9.60. The largest absolute Gasteiger partial charge is 0.388 e. The lowest BCUT2D eigenvalue weighted by Crippen LogP contribution is -2.30. The predicted octanol–water partition coefficient (Wildman–Crippen LogP) is 1.74. The molecule has 0 amide bonds. The molecule has 1 atom stereocenters. The Morgan fingerprint density at radius 1 is 1.64 bits per heavy atom. The van der Waals surface area contributed by atoms with Crippen LogP contribution in [0, 0.1) is 0 Å². The van der Waals surface area contributed by atoms with Crippen molar-refractivity contribution in [2.24, 2.45) is 0 Å². The van der Waals surface area contributed by atoms with Crippen LogP contribution in [0.4, 0.5) is 0 Å². The smallest absolute Gasteiger partial charge is 0.0855 e. The lowest BCUT2D eigenvalue weighted by molar-refractivity contribution is -0.0348. The molecule has 0 aromatic rings.